The number of rotatable bonds is 6. The van der Waals surface area contributed by atoms with Crippen LogP contribution in [0.5, 0.6) is 0 Å². The van der Waals surface area contributed by atoms with Crippen LogP contribution in [0.4, 0.5) is 20.3 Å². The molecular formula is C32H31F2N7O. The molecule has 5 heterocycles. The monoisotopic (exact) mass is 567 g/mol. The molecule has 10 heteroatoms. The molecule has 0 aliphatic carbocycles. The summed E-state index contributed by atoms with van der Waals surface area (Å²) >= 11 is 0. The van der Waals surface area contributed by atoms with Crippen molar-refractivity contribution in [3.05, 3.63) is 89.5 Å². The van der Waals surface area contributed by atoms with Crippen molar-refractivity contribution < 1.29 is 13.6 Å². The van der Waals surface area contributed by atoms with Crippen molar-refractivity contribution in [3.8, 4) is 0 Å². The minimum absolute atomic E-state index is 0.181. The molecule has 8 nitrogen and oxygen atoms in total. The van der Waals surface area contributed by atoms with Crippen LogP contribution in [0, 0.1) is 11.6 Å². The molecule has 42 heavy (non-hydrogen) atoms. The Morgan fingerprint density at radius 3 is 2.62 bits per heavy atom. The van der Waals surface area contributed by atoms with E-state index in [9.17, 15) is 13.6 Å². The minimum Gasteiger partial charge on any atom is -0.352 e. The average molecular weight is 568 g/mol. The number of aromatic nitrogens is 4. The zero-order valence-corrected chi connectivity index (χ0v) is 23.2. The van der Waals surface area contributed by atoms with E-state index in [-0.39, 0.29) is 5.91 Å². The first kappa shape index (κ1) is 26.5. The largest absolute Gasteiger partial charge is 0.352 e. The molecule has 0 bridgehead atoms. The molecule has 1 saturated heterocycles. The zero-order chi connectivity index (χ0) is 28.6. The summed E-state index contributed by atoms with van der Waals surface area (Å²) in [6.07, 6.45) is 6.79. The van der Waals surface area contributed by atoms with Crippen LogP contribution in [0.2, 0.25) is 0 Å². The molecule has 214 valence electrons. The van der Waals surface area contributed by atoms with Gasteiger partial charge in [0, 0.05) is 50.3 Å². The number of para-hydroxylation sites is 1. The molecule has 1 fully saturated rings. The van der Waals surface area contributed by atoms with Gasteiger partial charge >= 0.3 is 0 Å². The van der Waals surface area contributed by atoms with Gasteiger partial charge in [-0.1, -0.05) is 24.3 Å². The molecule has 0 radical (unpaired) electrons. The van der Waals surface area contributed by atoms with Gasteiger partial charge in [-0.3, -0.25) is 14.7 Å². The highest BCUT2D eigenvalue weighted by atomic mass is 19.2. The fourth-order valence-electron chi connectivity index (χ4n) is 6.25. The molecular weight excluding hydrogens is 536 g/mol. The second-order valence-electron chi connectivity index (χ2n) is 11.0. The first-order valence-electron chi connectivity index (χ1n) is 14.5. The number of hydrogen-bond acceptors (Lipinski definition) is 6. The maximum absolute atomic E-state index is 13.8. The number of fused-ring (bicyclic) bond motifs is 4. The first-order valence-corrected chi connectivity index (χ1v) is 14.5. The number of nitrogens with one attached hydrogen (secondary N) is 1. The van der Waals surface area contributed by atoms with Crippen LogP contribution in [-0.4, -0.2) is 63.0 Å². The molecule has 5 aromatic rings. The van der Waals surface area contributed by atoms with Crippen molar-refractivity contribution >= 4 is 39.3 Å². The van der Waals surface area contributed by atoms with Gasteiger partial charge in [0.25, 0.3) is 5.91 Å². The Kier molecular flexibility index (Phi) is 6.99. The van der Waals surface area contributed by atoms with Gasteiger partial charge in [0.2, 0.25) is 0 Å². The van der Waals surface area contributed by atoms with E-state index in [2.05, 4.69) is 29.7 Å². The van der Waals surface area contributed by atoms with Gasteiger partial charge in [-0.05, 0) is 55.5 Å². The SMILES string of the molecule is O=C(Nc1cnc2ccccc2c1)c1c2n(c3c(N4CCN(CCc5ccc(F)c(F)c5)CC4)ncnc13)CCCC2. The maximum Gasteiger partial charge on any atom is 0.259 e. The summed E-state index contributed by atoms with van der Waals surface area (Å²) < 4.78 is 29.1. The lowest BCUT2D eigenvalue weighted by Gasteiger charge is -2.35. The lowest BCUT2D eigenvalue weighted by molar-refractivity contribution is 0.102. The van der Waals surface area contributed by atoms with Crippen molar-refractivity contribution in [2.24, 2.45) is 0 Å². The normalized spacial score (nSPS) is 15.7. The number of amides is 1. The van der Waals surface area contributed by atoms with Crippen molar-refractivity contribution in [1.29, 1.82) is 0 Å². The van der Waals surface area contributed by atoms with Gasteiger partial charge < -0.3 is 14.8 Å². The average Bonchev–Trinajstić information content (AvgIpc) is 3.37. The van der Waals surface area contributed by atoms with Crippen molar-refractivity contribution in [2.45, 2.75) is 32.2 Å². The number of nitrogens with zero attached hydrogens (tertiary/aromatic N) is 6. The highest BCUT2D eigenvalue weighted by Gasteiger charge is 2.30. The molecule has 1 amide bonds. The van der Waals surface area contributed by atoms with E-state index in [4.69, 9.17) is 4.98 Å². The van der Waals surface area contributed by atoms with Crippen molar-refractivity contribution in [2.75, 3.05) is 42.9 Å². The van der Waals surface area contributed by atoms with E-state index < -0.39 is 11.6 Å². The molecule has 2 aliphatic heterocycles. The molecule has 2 aliphatic rings. The Morgan fingerprint density at radius 2 is 1.76 bits per heavy atom. The summed E-state index contributed by atoms with van der Waals surface area (Å²) in [5, 5.41) is 4.04. The second kappa shape index (κ2) is 11.1. The molecule has 0 spiro atoms. The molecule has 0 saturated carbocycles. The van der Waals surface area contributed by atoms with E-state index in [0.717, 1.165) is 92.0 Å². The first-order chi connectivity index (χ1) is 20.5. The zero-order valence-electron chi connectivity index (χ0n) is 23.2. The predicted molar refractivity (Wildman–Crippen MR) is 159 cm³/mol. The van der Waals surface area contributed by atoms with E-state index >= 15 is 0 Å². The third-order valence-corrected chi connectivity index (χ3v) is 8.42. The fourth-order valence-corrected chi connectivity index (χ4v) is 6.25. The summed E-state index contributed by atoms with van der Waals surface area (Å²) in [5.74, 6) is -0.945. The number of aryl methyl sites for hydroxylation is 1. The number of halogens is 2. The van der Waals surface area contributed by atoms with Gasteiger partial charge in [0.05, 0.1) is 23.0 Å². The summed E-state index contributed by atoms with van der Waals surface area (Å²) in [4.78, 5) is 32.2. The van der Waals surface area contributed by atoms with Gasteiger partial charge in [0.15, 0.2) is 17.5 Å². The van der Waals surface area contributed by atoms with Crippen LogP contribution in [0.15, 0.2) is 61.1 Å². The van der Waals surface area contributed by atoms with Gasteiger partial charge in [0.1, 0.15) is 17.4 Å². The molecule has 0 unspecified atom stereocenters. The van der Waals surface area contributed by atoms with Crippen LogP contribution >= 0.6 is 0 Å². The molecule has 3 aromatic heterocycles. The Morgan fingerprint density at radius 1 is 0.905 bits per heavy atom. The number of carbonyl (C=O) groups is 1. The third kappa shape index (κ3) is 4.96. The van der Waals surface area contributed by atoms with E-state index in [1.54, 1.807) is 18.6 Å². The maximum atomic E-state index is 13.8. The minimum atomic E-state index is -0.817. The lowest BCUT2D eigenvalue weighted by Crippen LogP contribution is -2.47. The Balaban J connectivity index is 1.12. The van der Waals surface area contributed by atoms with Gasteiger partial charge in [-0.15, -0.1) is 0 Å². The van der Waals surface area contributed by atoms with Crippen LogP contribution < -0.4 is 10.2 Å². The number of benzene rings is 2. The molecule has 1 N–H and O–H groups in total. The summed E-state index contributed by atoms with van der Waals surface area (Å²) in [6.45, 7) is 4.79. The van der Waals surface area contributed by atoms with Gasteiger partial charge in [-0.25, -0.2) is 18.7 Å². The smallest absolute Gasteiger partial charge is 0.259 e. The lowest BCUT2D eigenvalue weighted by atomic mass is 10.1. The number of carbonyl (C=O) groups excluding carboxylic acids is 1. The summed E-state index contributed by atoms with van der Waals surface area (Å²) in [5.41, 5.74) is 5.55. The van der Waals surface area contributed by atoms with Gasteiger partial charge in [-0.2, -0.15) is 0 Å². The highest BCUT2D eigenvalue weighted by molar-refractivity contribution is 6.14. The predicted octanol–water partition coefficient (Wildman–Crippen LogP) is 5.21. The molecule has 2 aromatic carbocycles. The van der Waals surface area contributed by atoms with Crippen molar-refractivity contribution in [1.82, 2.24) is 24.4 Å². The second-order valence-corrected chi connectivity index (χ2v) is 11.0. The van der Waals surface area contributed by atoms with E-state index in [1.807, 2.05) is 30.3 Å². The van der Waals surface area contributed by atoms with E-state index in [0.29, 0.717) is 23.2 Å². The number of anilines is 2. The van der Waals surface area contributed by atoms with Crippen molar-refractivity contribution in [3.63, 3.8) is 0 Å². The standard InChI is InChI=1S/C32H31F2N7O/c33-24-9-8-21(17-25(24)34)10-12-39-13-15-40(16-14-39)31-30-29(36-20-37-31)28(27-7-3-4-11-41(27)30)32(42)38-23-18-22-5-1-2-6-26(22)35-19-23/h1-2,5-6,8-9,17-20H,3-4,7,10-16H2,(H,38,42). The number of pyridine rings is 1. The van der Waals surface area contributed by atoms with Crippen LogP contribution in [0.1, 0.15) is 34.5 Å². The Hall–Kier alpha value is -4.44. The molecule has 0 atom stereocenters. The quantitative estimate of drug-likeness (QED) is 0.304. The third-order valence-electron chi connectivity index (χ3n) is 8.42. The Bertz CT molecular complexity index is 1800. The topological polar surface area (TPSA) is 79.2 Å². The number of piperazine rings is 1. The summed E-state index contributed by atoms with van der Waals surface area (Å²) in [7, 11) is 0. The van der Waals surface area contributed by atoms with Crippen LogP contribution in [0.3, 0.4) is 0 Å². The van der Waals surface area contributed by atoms with Crippen LogP contribution in [0.25, 0.3) is 21.9 Å². The fraction of sp³-hybridized carbons (Fsp3) is 0.312. The highest BCUT2D eigenvalue weighted by Crippen LogP contribution is 2.35. The van der Waals surface area contributed by atoms with E-state index in [1.165, 1.54) is 12.1 Å². The van der Waals surface area contributed by atoms with Crippen LogP contribution in [-0.2, 0) is 19.4 Å². The molecule has 7 rings (SSSR count). The Labute approximate surface area is 242 Å². The number of hydrogen-bond donors (Lipinski definition) is 1. The summed E-state index contributed by atoms with van der Waals surface area (Å²) in [6, 6.07) is 13.9.